The number of rotatable bonds is 3. The van der Waals surface area contributed by atoms with Gasteiger partial charge in [0.1, 0.15) is 0 Å². The maximum Gasteiger partial charge on any atom is 0.265 e. The Labute approximate surface area is 114 Å². The van der Waals surface area contributed by atoms with Gasteiger partial charge in [-0.3, -0.25) is 15.1 Å². The maximum absolute atomic E-state index is 11.8. The van der Waals surface area contributed by atoms with Gasteiger partial charge in [-0.25, -0.2) is 5.84 Å². The summed E-state index contributed by atoms with van der Waals surface area (Å²) in [4.78, 5) is 14.3. The maximum atomic E-state index is 11.8. The summed E-state index contributed by atoms with van der Waals surface area (Å²) in [6, 6.07) is 8.82. The topological polar surface area (TPSA) is 58.4 Å². The third kappa shape index (κ3) is 3.14. The van der Waals surface area contributed by atoms with Gasteiger partial charge >= 0.3 is 0 Å². The van der Waals surface area contributed by atoms with E-state index in [-0.39, 0.29) is 5.91 Å². The average Bonchev–Trinajstić information content (AvgIpc) is 2.42. The molecule has 104 valence electrons. The molecule has 1 aliphatic heterocycles. The van der Waals surface area contributed by atoms with Crippen LogP contribution < -0.4 is 11.3 Å². The van der Waals surface area contributed by atoms with Crippen LogP contribution in [0, 0.1) is 0 Å². The van der Waals surface area contributed by atoms with Crippen molar-refractivity contribution in [2.75, 3.05) is 0 Å². The van der Waals surface area contributed by atoms with Crippen molar-refractivity contribution in [1.82, 2.24) is 10.3 Å². The van der Waals surface area contributed by atoms with Crippen LogP contribution in [0.3, 0.4) is 0 Å². The van der Waals surface area contributed by atoms with Crippen LogP contribution in [-0.2, 0) is 6.54 Å². The lowest BCUT2D eigenvalue weighted by Gasteiger charge is -2.39. The second kappa shape index (κ2) is 6.17. The van der Waals surface area contributed by atoms with Crippen LogP contribution in [-0.4, -0.2) is 22.9 Å². The molecule has 1 aliphatic rings. The van der Waals surface area contributed by atoms with Crippen molar-refractivity contribution in [3.8, 4) is 0 Å². The molecule has 4 nitrogen and oxygen atoms in total. The minimum atomic E-state index is -0.215. The minimum absolute atomic E-state index is 0.215. The van der Waals surface area contributed by atoms with Crippen LogP contribution in [0.1, 0.15) is 49.0 Å². The number of nitrogens with one attached hydrogen (secondary N) is 1. The normalized spacial score (nSPS) is 24.2. The van der Waals surface area contributed by atoms with E-state index in [0.717, 1.165) is 12.1 Å². The van der Waals surface area contributed by atoms with Crippen molar-refractivity contribution in [2.24, 2.45) is 5.84 Å². The lowest BCUT2D eigenvalue weighted by atomic mass is 9.96. The van der Waals surface area contributed by atoms with Gasteiger partial charge in [0.25, 0.3) is 5.91 Å². The first-order valence-corrected chi connectivity index (χ1v) is 6.98. The molecule has 3 N–H and O–H groups in total. The second-order valence-electron chi connectivity index (χ2n) is 5.43. The first kappa shape index (κ1) is 14.0. The second-order valence-corrected chi connectivity index (χ2v) is 5.43. The summed E-state index contributed by atoms with van der Waals surface area (Å²) < 4.78 is 0. The fourth-order valence-electron chi connectivity index (χ4n) is 2.94. The summed E-state index contributed by atoms with van der Waals surface area (Å²) in [5.74, 6) is 5.03. The van der Waals surface area contributed by atoms with Gasteiger partial charge < -0.3 is 0 Å². The van der Waals surface area contributed by atoms with Crippen molar-refractivity contribution in [3.05, 3.63) is 35.4 Å². The molecule has 1 aromatic rings. The van der Waals surface area contributed by atoms with Gasteiger partial charge in [0.15, 0.2) is 0 Å². The molecule has 4 heteroatoms. The van der Waals surface area contributed by atoms with Gasteiger partial charge in [0.05, 0.1) is 0 Å². The van der Waals surface area contributed by atoms with Crippen molar-refractivity contribution < 1.29 is 4.79 Å². The van der Waals surface area contributed by atoms with E-state index in [1.807, 2.05) is 24.3 Å². The highest BCUT2D eigenvalue weighted by molar-refractivity contribution is 5.95. The summed E-state index contributed by atoms with van der Waals surface area (Å²) in [7, 11) is 0. The number of nitrogens with two attached hydrogens (primary N) is 1. The molecule has 1 fully saturated rings. The van der Waals surface area contributed by atoms with E-state index in [1.54, 1.807) is 0 Å². The van der Waals surface area contributed by atoms with E-state index in [9.17, 15) is 4.79 Å². The lowest BCUT2D eigenvalue weighted by Crippen LogP contribution is -2.43. The Morgan fingerprint density at radius 2 is 1.95 bits per heavy atom. The number of hydrogen-bond donors (Lipinski definition) is 2. The number of hydrazine groups is 1. The fourth-order valence-corrected chi connectivity index (χ4v) is 2.94. The van der Waals surface area contributed by atoms with E-state index in [0.29, 0.717) is 17.6 Å². The van der Waals surface area contributed by atoms with Gasteiger partial charge in [-0.15, -0.1) is 0 Å². The first-order chi connectivity index (χ1) is 9.13. The zero-order valence-electron chi connectivity index (χ0n) is 11.7. The number of carbonyl (C=O) groups is 1. The molecule has 0 aromatic heterocycles. The molecule has 2 rings (SSSR count). The zero-order chi connectivity index (χ0) is 13.8. The highest BCUT2D eigenvalue weighted by Crippen LogP contribution is 2.25. The molecule has 2 atom stereocenters. The van der Waals surface area contributed by atoms with Gasteiger partial charge in [-0.1, -0.05) is 24.6 Å². The van der Waals surface area contributed by atoms with Crippen molar-refractivity contribution in [2.45, 2.75) is 51.7 Å². The monoisotopic (exact) mass is 261 g/mol. The van der Waals surface area contributed by atoms with Crippen LogP contribution >= 0.6 is 0 Å². The summed E-state index contributed by atoms with van der Waals surface area (Å²) in [5, 5.41) is 0. The highest BCUT2D eigenvalue weighted by Gasteiger charge is 2.25. The molecule has 1 heterocycles. The zero-order valence-corrected chi connectivity index (χ0v) is 11.7. The Balaban J connectivity index is 2.20. The van der Waals surface area contributed by atoms with Crippen LogP contribution in [0.5, 0.6) is 0 Å². The average molecular weight is 261 g/mol. The molecule has 0 saturated carbocycles. The van der Waals surface area contributed by atoms with E-state index < -0.39 is 0 Å². The number of hydrogen-bond acceptors (Lipinski definition) is 3. The number of carbonyl (C=O) groups excluding carboxylic acids is 1. The number of nitrogens with zero attached hydrogens (tertiary/aromatic N) is 1. The SMILES string of the molecule is C[C@@H]1CCC[C@H](C)N1Cc1ccccc1C(=O)NN. The molecule has 19 heavy (non-hydrogen) atoms. The third-order valence-electron chi connectivity index (χ3n) is 4.12. The van der Waals surface area contributed by atoms with Gasteiger partial charge in [-0.2, -0.15) is 0 Å². The van der Waals surface area contributed by atoms with Crippen LogP contribution in [0.15, 0.2) is 24.3 Å². The Kier molecular flexibility index (Phi) is 4.56. The molecule has 1 aromatic carbocycles. The van der Waals surface area contributed by atoms with Gasteiger partial charge in [-0.05, 0) is 38.3 Å². The standard InChI is InChI=1S/C15H23N3O/c1-11-6-5-7-12(2)18(11)10-13-8-3-4-9-14(13)15(19)17-16/h3-4,8-9,11-12H,5-7,10,16H2,1-2H3,(H,17,19)/t11-,12+. The summed E-state index contributed by atoms with van der Waals surface area (Å²) in [6.45, 7) is 5.34. The molecule has 0 aliphatic carbocycles. The molecule has 0 unspecified atom stereocenters. The van der Waals surface area contributed by atoms with E-state index >= 15 is 0 Å². The van der Waals surface area contributed by atoms with E-state index in [1.165, 1.54) is 19.3 Å². The summed E-state index contributed by atoms with van der Waals surface area (Å²) in [5.41, 5.74) is 3.95. The van der Waals surface area contributed by atoms with Crippen molar-refractivity contribution in [3.63, 3.8) is 0 Å². The lowest BCUT2D eigenvalue weighted by molar-refractivity contribution is 0.0906. The van der Waals surface area contributed by atoms with Crippen molar-refractivity contribution >= 4 is 5.91 Å². The van der Waals surface area contributed by atoms with Crippen molar-refractivity contribution in [1.29, 1.82) is 0 Å². The quantitative estimate of drug-likeness (QED) is 0.497. The van der Waals surface area contributed by atoms with Crippen LogP contribution in [0.2, 0.25) is 0 Å². The number of piperidine rings is 1. The smallest absolute Gasteiger partial charge is 0.265 e. The number of benzene rings is 1. The largest absolute Gasteiger partial charge is 0.294 e. The molecule has 0 bridgehead atoms. The fraction of sp³-hybridized carbons (Fsp3) is 0.533. The molecular formula is C15H23N3O. The first-order valence-electron chi connectivity index (χ1n) is 6.98. The molecule has 1 saturated heterocycles. The molecule has 0 radical (unpaired) electrons. The third-order valence-corrected chi connectivity index (χ3v) is 4.12. The molecular weight excluding hydrogens is 238 g/mol. The van der Waals surface area contributed by atoms with E-state index in [4.69, 9.17) is 5.84 Å². The Morgan fingerprint density at radius 3 is 2.58 bits per heavy atom. The highest BCUT2D eigenvalue weighted by atomic mass is 16.2. The van der Waals surface area contributed by atoms with Crippen LogP contribution in [0.4, 0.5) is 0 Å². The van der Waals surface area contributed by atoms with Gasteiger partial charge in [0.2, 0.25) is 0 Å². The number of likely N-dealkylation sites (tertiary alicyclic amines) is 1. The number of nitrogen functional groups attached to an aromatic ring is 1. The molecule has 0 spiro atoms. The predicted octanol–water partition coefficient (Wildman–Crippen LogP) is 2.05. The molecule has 1 amide bonds. The number of amides is 1. The van der Waals surface area contributed by atoms with E-state index in [2.05, 4.69) is 24.2 Å². The summed E-state index contributed by atoms with van der Waals surface area (Å²) in [6.07, 6.45) is 3.76. The summed E-state index contributed by atoms with van der Waals surface area (Å²) >= 11 is 0. The Bertz CT molecular complexity index is 437. The predicted molar refractivity (Wildman–Crippen MR) is 76.4 cm³/mol. The minimum Gasteiger partial charge on any atom is -0.294 e. The Morgan fingerprint density at radius 1 is 1.32 bits per heavy atom. The Hall–Kier alpha value is -1.39. The van der Waals surface area contributed by atoms with Gasteiger partial charge in [0, 0.05) is 24.2 Å². The van der Waals surface area contributed by atoms with Crippen LogP contribution in [0.25, 0.3) is 0 Å².